The number of rotatable bonds is 9. The van der Waals surface area contributed by atoms with E-state index >= 15 is 0 Å². The smallest absolute Gasteiger partial charge is 0.268 e. The molecule has 1 unspecified atom stereocenters. The summed E-state index contributed by atoms with van der Waals surface area (Å²) in [6.45, 7) is 2.94. The molecule has 0 aliphatic rings. The highest BCUT2D eigenvalue weighted by Gasteiger charge is 2.24. The zero-order chi connectivity index (χ0) is 25.0. The summed E-state index contributed by atoms with van der Waals surface area (Å²) in [4.78, 5) is 11.0. The Labute approximate surface area is 205 Å². The molecule has 35 heavy (non-hydrogen) atoms. The molecule has 9 nitrogen and oxygen atoms in total. The Balaban J connectivity index is 1.55. The maximum Gasteiger partial charge on any atom is 0.268 e. The predicted octanol–water partition coefficient (Wildman–Crippen LogP) is 3.30. The maximum atomic E-state index is 12.8. The van der Waals surface area contributed by atoms with Gasteiger partial charge in [-0.1, -0.05) is 24.3 Å². The summed E-state index contributed by atoms with van der Waals surface area (Å²) in [5, 5.41) is 10.9. The zero-order valence-corrected chi connectivity index (χ0v) is 21.0. The molecule has 2 aromatic carbocycles. The lowest BCUT2D eigenvalue weighted by molar-refractivity contribution is 0.405. The predicted molar refractivity (Wildman–Crippen MR) is 134 cm³/mol. The van der Waals surface area contributed by atoms with Crippen LogP contribution in [0.1, 0.15) is 12.5 Å². The van der Waals surface area contributed by atoms with Gasteiger partial charge in [-0.3, -0.25) is 4.98 Å². The van der Waals surface area contributed by atoms with E-state index in [9.17, 15) is 8.42 Å². The van der Waals surface area contributed by atoms with Crippen molar-refractivity contribution in [1.82, 2.24) is 30.4 Å². The van der Waals surface area contributed by atoms with Crippen LogP contribution in [0.4, 0.5) is 0 Å². The van der Waals surface area contributed by atoms with Crippen LogP contribution >= 0.6 is 0 Å². The van der Waals surface area contributed by atoms with Crippen molar-refractivity contribution in [2.24, 2.45) is 0 Å². The van der Waals surface area contributed by atoms with Gasteiger partial charge >= 0.3 is 0 Å². The molecule has 2 heterocycles. The summed E-state index contributed by atoms with van der Waals surface area (Å²) in [6.07, 6.45) is 3.16. The molecule has 2 aromatic heterocycles. The SMILES string of the molecule is CNCc1ccc(-c2nnc(-c3cncc(-c4ccc(S(=O)(=O)C(C)CN(C)C)cc4)n3)o2)cc1. The summed E-state index contributed by atoms with van der Waals surface area (Å²) < 4.78 is 31.5. The second-order valence-corrected chi connectivity index (χ2v) is 10.9. The number of aromatic nitrogens is 4. The first-order valence-electron chi connectivity index (χ1n) is 11.2. The fraction of sp³-hybridized carbons (Fsp3) is 0.280. The first-order chi connectivity index (χ1) is 16.8. The summed E-state index contributed by atoms with van der Waals surface area (Å²) in [5.74, 6) is 0.648. The summed E-state index contributed by atoms with van der Waals surface area (Å²) in [5.41, 5.74) is 3.71. The van der Waals surface area contributed by atoms with Gasteiger partial charge in [0.2, 0.25) is 5.89 Å². The fourth-order valence-electron chi connectivity index (χ4n) is 3.68. The molecule has 10 heteroatoms. The van der Waals surface area contributed by atoms with Gasteiger partial charge in [0, 0.05) is 24.2 Å². The highest BCUT2D eigenvalue weighted by Crippen LogP contribution is 2.26. The molecule has 4 rings (SSSR count). The minimum Gasteiger partial charge on any atom is -0.415 e. The van der Waals surface area contributed by atoms with Crippen LogP contribution in [0.15, 0.2) is 70.2 Å². The molecule has 0 radical (unpaired) electrons. The van der Waals surface area contributed by atoms with E-state index in [-0.39, 0.29) is 10.8 Å². The van der Waals surface area contributed by atoms with E-state index in [4.69, 9.17) is 4.42 Å². The summed E-state index contributed by atoms with van der Waals surface area (Å²) in [6, 6.07) is 14.5. The molecule has 0 bridgehead atoms. The van der Waals surface area contributed by atoms with E-state index in [0.717, 1.165) is 23.2 Å². The third-order valence-corrected chi connectivity index (χ3v) is 7.63. The fourth-order valence-corrected chi connectivity index (χ4v) is 5.16. The van der Waals surface area contributed by atoms with Crippen LogP contribution in [-0.4, -0.2) is 66.4 Å². The highest BCUT2D eigenvalue weighted by atomic mass is 32.2. The van der Waals surface area contributed by atoms with Crippen molar-refractivity contribution in [2.45, 2.75) is 23.6 Å². The number of sulfone groups is 1. The van der Waals surface area contributed by atoms with Gasteiger partial charge in [0.1, 0.15) is 5.69 Å². The summed E-state index contributed by atoms with van der Waals surface area (Å²) >= 11 is 0. The number of hydrogen-bond donors (Lipinski definition) is 1. The van der Waals surface area contributed by atoms with Crippen LogP contribution in [0.3, 0.4) is 0 Å². The Morgan fingerprint density at radius 1 is 0.914 bits per heavy atom. The zero-order valence-electron chi connectivity index (χ0n) is 20.1. The van der Waals surface area contributed by atoms with Crippen molar-refractivity contribution in [1.29, 1.82) is 0 Å². The molecule has 0 saturated heterocycles. The molecular weight excluding hydrogens is 464 g/mol. The highest BCUT2D eigenvalue weighted by molar-refractivity contribution is 7.92. The first kappa shape index (κ1) is 24.6. The third-order valence-electron chi connectivity index (χ3n) is 5.49. The Morgan fingerprint density at radius 2 is 1.54 bits per heavy atom. The number of hydrogen-bond acceptors (Lipinski definition) is 9. The van der Waals surface area contributed by atoms with Crippen LogP contribution in [0.2, 0.25) is 0 Å². The Bertz CT molecular complexity index is 1380. The molecule has 0 saturated carbocycles. The van der Waals surface area contributed by atoms with E-state index in [1.54, 1.807) is 43.6 Å². The Hall–Kier alpha value is -3.47. The molecule has 4 aromatic rings. The standard InChI is InChI=1S/C25H28N6O3S/c1-17(16-31(3)4)35(32,33)21-11-9-19(10-12-21)22-14-27-15-23(28-22)25-30-29-24(34-25)20-7-5-18(6-8-20)13-26-2/h5-12,14-15,17,26H,13,16H2,1-4H3. The van der Waals surface area contributed by atoms with Crippen LogP contribution in [-0.2, 0) is 16.4 Å². The van der Waals surface area contributed by atoms with Gasteiger partial charge < -0.3 is 14.6 Å². The maximum absolute atomic E-state index is 12.8. The second-order valence-electron chi connectivity index (χ2n) is 8.57. The molecule has 0 fully saturated rings. The number of benzene rings is 2. The van der Waals surface area contributed by atoms with Gasteiger partial charge in [-0.05, 0) is 57.9 Å². The lowest BCUT2D eigenvalue weighted by atomic mass is 10.1. The van der Waals surface area contributed by atoms with Gasteiger partial charge in [-0.2, -0.15) is 0 Å². The molecule has 1 atom stereocenters. The minimum absolute atomic E-state index is 0.255. The van der Waals surface area contributed by atoms with Crippen molar-refractivity contribution in [3.63, 3.8) is 0 Å². The van der Waals surface area contributed by atoms with Crippen molar-refractivity contribution < 1.29 is 12.8 Å². The molecule has 182 valence electrons. The molecule has 0 aliphatic heterocycles. The van der Waals surface area contributed by atoms with E-state index in [2.05, 4.69) is 25.5 Å². The average Bonchev–Trinajstić information content (AvgIpc) is 3.35. The van der Waals surface area contributed by atoms with E-state index < -0.39 is 15.1 Å². The van der Waals surface area contributed by atoms with E-state index in [1.807, 2.05) is 50.3 Å². The van der Waals surface area contributed by atoms with Crippen molar-refractivity contribution in [2.75, 3.05) is 27.7 Å². The number of nitrogens with zero attached hydrogens (tertiary/aromatic N) is 5. The van der Waals surface area contributed by atoms with Crippen LogP contribution in [0, 0.1) is 0 Å². The second kappa shape index (κ2) is 10.4. The molecule has 0 aliphatic carbocycles. The Morgan fingerprint density at radius 3 is 2.20 bits per heavy atom. The van der Waals surface area contributed by atoms with Crippen molar-refractivity contribution in [3.8, 4) is 34.3 Å². The van der Waals surface area contributed by atoms with Gasteiger partial charge in [0.05, 0.1) is 28.2 Å². The van der Waals surface area contributed by atoms with Gasteiger partial charge in [0.25, 0.3) is 5.89 Å². The monoisotopic (exact) mass is 492 g/mol. The van der Waals surface area contributed by atoms with Gasteiger partial charge in [0.15, 0.2) is 9.84 Å². The molecule has 0 amide bonds. The number of nitrogens with one attached hydrogen (secondary N) is 1. The summed E-state index contributed by atoms with van der Waals surface area (Å²) in [7, 11) is 2.18. The lowest BCUT2D eigenvalue weighted by Gasteiger charge is -2.17. The Kier molecular flexibility index (Phi) is 7.34. The van der Waals surface area contributed by atoms with Crippen LogP contribution in [0.25, 0.3) is 34.3 Å². The van der Waals surface area contributed by atoms with Gasteiger partial charge in [-0.15, -0.1) is 10.2 Å². The molecule has 0 spiro atoms. The van der Waals surface area contributed by atoms with Gasteiger partial charge in [-0.25, -0.2) is 13.4 Å². The van der Waals surface area contributed by atoms with Crippen molar-refractivity contribution >= 4 is 9.84 Å². The van der Waals surface area contributed by atoms with Crippen molar-refractivity contribution in [3.05, 3.63) is 66.5 Å². The first-order valence-corrected chi connectivity index (χ1v) is 12.7. The average molecular weight is 493 g/mol. The minimum atomic E-state index is -3.43. The van der Waals surface area contributed by atoms with E-state index in [0.29, 0.717) is 23.8 Å². The third kappa shape index (κ3) is 5.61. The van der Waals surface area contributed by atoms with Crippen LogP contribution < -0.4 is 5.32 Å². The van der Waals surface area contributed by atoms with Crippen LogP contribution in [0.5, 0.6) is 0 Å². The lowest BCUT2D eigenvalue weighted by Crippen LogP contribution is -2.30. The normalized spacial score (nSPS) is 12.7. The van der Waals surface area contributed by atoms with E-state index in [1.165, 1.54) is 0 Å². The molecule has 1 N–H and O–H groups in total. The quantitative estimate of drug-likeness (QED) is 0.376. The molecular formula is C25H28N6O3S. The largest absolute Gasteiger partial charge is 0.415 e. The topological polar surface area (TPSA) is 114 Å².